The second-order valence-corrected chi connectivity index (χ2v) is 10.1. The zero-order valence-electron chi connectivity index (χ0n) is 22.7. The predicted octanol–water partition coefficient (Wildman–Crippen LogP) is 4.89. The number of carbonyl (C=O) groups excluding carboxylic acids is 2. The summed E-state index contributed by atoms with van der Waals surface area (Å²) in [6, 6.07) is 17.4. The Bertz CT molecular complexity index is 1650. The molecule has 4 aromatic rings. The van der Waals surface area contributed by atoms with Gasteiger partial charge in [-0.1, -0.05) is 49.4 Å². The number of aliphatic imine (C=N–C) groups is 1. The zero-order chi connectivity index (χ0) is 28.5. The van der Waals surface area contributed by atoms with E-state index in [1.807, 2.05) is 56.3 Å². The molecule has 0 unspecified atom stereocenters. The normalized spacial score (nSPS) is 18.1. The van der Waals surface area contributed by atoms with Crippen molar-refractivity contribution in [2.24, 2.45) is 4.99 Å². The Morgan fingerprint density at radius 1 is 1.12 bits per heavy atom. The van der Waals surface area contributed by atoms with Gasteiger partial charge in [0.15, 0.2) is 0 Å². The van der Waals surface area contributed by atoms with E-state index in [9.17, 15) is 14.0 Å². The Kier molecular flexibility index (Phi) is 7.05. The minimum Gasteiger partial charge on any atom is -0.474 e. The Morgan fingerprint density at radius 2 is 1.95 bits per heavy atom. The summed E-state index contributed by atoms with van der Waals surface area (Å²) in [6.45, 7) is 4.50. The summed E-state index contributed by atoms with van der Waals surface area (Å²) < 4.78 is 22.9. The van der Waals surface area contributed by atoms with Crippen molar-refractivity contribution in [1.82, 2.24) is 20.1 Å². The first-order valence-electron chi connectivity index (χ1n) is 13.7. The molecule has 10 heteroatoms. The van der Waals surface area contributed by atoms with Gasteiger partial charge in [0.2, 0.25) is 12.0 Å². The summed E-state index contributed by atoms with van der Waals surface area (Å²) in [6.07, 6.45) is 2.69. The summed E-state index contributed by atoms with van der Waals surface area (Å²) >= 11 is 0. The van der Waals surface area contributed by atoms with Gasteiger partial charge in [-0.25, -0.2) is 14.1 Å². The Labute approximate surface area is 236 Å². The SMILES string of the molecule is CC[C@H]1CCCn2nc(-c3ccc(C)nc3)c(C(=O)N[C@H]3N=C(c4ccccc4)c4cccc(F)c4NC3=O)c2O1. The number of para-hydroxylation sites is 1. The highest BCUT2D eigenvalue weighted by atomic mass is 19.1. The van der Waals surface area contributed by atoms with Gasteiger partial charge in [0, 0.05) is 35.1 Å². The lowest BCUT2D eigenvalue weighted by molar-refractivity contribution is -0.117. The molecule has 9 nitrogen and oxygen atoms in total. The number of aromatic nitrogens is 3. The monoisotopic (exact) mass is 552 g/mol. The predicted molar refractivity (Wildman–Crippen MR) is 153 cm³/mol. The van der Waals surface area contributed by atoms with Crippen LogP contribution in [0.2, 0.25) is 0 Å². The molecule has 0 spiro atoms. The van der Waals surface area contributed by atoms with Crippen LogP contribution < -0.4 is 15.4 Å². The van der Waals surface area contributed by atoms with Crippen molar-refractivity contribution >= 4 is 23.2 Å². The average molecular weight is 553 g/mol. The largest absolute Gasteiger partial charge is 0.474 e. The fourth-order valence-electron chi connectivity index (χ4n) is 5.12. The molecule has 2 amide bonds. The number of nitrogens with one attached hydrogen (secondary N) is 2. The molecule has 0 radical (unpaired) electrons. The molecule has 208 valence electrons. The fourth-order valence-corrected chi connectivity index (χ4v) is 5.12. The van der Waals surface area contributed by atoms with E-state index in [0.29, 0.717) is 40.5 Å². The molecule has 0 aliphatic carbocycles. The van der Waals surface area contributed by atoms with E-state index in [4.69, 9.17) is 9.84 Å². The van der Waals surface area contributed by atoms with E-state index in [0.717, 1.165) is 25.0 Å². The lowest BCUT2D eigenvalue weighted by Gasteiger charge is -2.17. The number of fused-ring (bicyclic) bond motifs is 2. The number of anilines is 1. The number of benzodiazepines with no additional fused rings is 1. The molecule has 4 heterocycles. The molecule has 2 aromatic heterocycles. The van der Waals surface area contributed by atoms with Gasteiger partial charge < -0.3 is 15.4 Å². The quantitative estimate of drug-likeness (QED) is 0.366. The number of halogens is 1. The Morgan fingerprint density at radius 3 is 2.71 bits per heavy atom. The molecule has 0 saturated heterocycles. The number of carbonyl (C=O) groups is 2. The van der Waals surface area contributed by atoms with Crippen molar-refractivity contribution in [1.29, 1.82) is 0 Å². The zero-order valence-corrected chi connectivity index (χ0v) is 22.7. The maximum absolute atomic E-state index is 14.9. The lowest BCUT2D eigenvalue weighted by atomic mass is 10.0. The minimum atomic E-state index is -1.35. The number of ether oxygens (including phenoxy) is 1. The maximum atomic E-state index is 14.9. The van der Waals surface area contributed by atoms with E-state index in [-0.39, 0.29) is 17.4 Å². The first-order chi connectivity index (χ1) is 19.9. The van der Waals surface area contributed by atoms with E-state index in [2.05, 4.69) is 20.6 Å². The molecule has 0 saturated carbocycles. The highest BCUT2D eigenvalue weighted by molar-refractivity contribution is 6.20. The molecule has 2 aliphatic rings. The van der Waals surface area contributed by atoms with Crippen LogP contribution >= 0.6 is 0 Å². The van der Waals surface area contributed by atoms with E-state index in [1.54, 1.807) is 23.0 Å². The van der Waals surface area contributed by atoms with Crippen molar-refractivity contribution in [3.63, 3.8) is 0 Å². The van der Waals surface area contributed by atoms with Crippen molar-refractivity contribution < 1.29 is 18.7 Å². The second-order valence-electron chi connectivity index (χ2n) is 10.1. The third-order valence-corrected chi connectivity index (χ3v) is 7.29. The molecular weight excluding hydrogens is 523 g/mol. The topological polar surface area (TPSA) is 111 Å². The molecular formula is C31H29FN6O3. The number of rotatable bonds is 5. The third-order valence-electron chi connectivity index (χ3n) is 7.29. The molecule has 41 heavy (non-hydrogen) atoms. The van der Waals surface area contributed by atoms with Crippen molar-refractivity contribution in [2.45, 2.75) is 51.9 Å². The van der Waals surface area contributed by atoms with Gasteiger partial charge in [-0.3, -0.25) is 14.6 Å². The number of nitrogens with zero attached hydrogens (tertiary/aromatic N) is 4. The van der Waals surface area contributed by atoms with Crippen LogP contribution in [0, 0.1) is 12.7 Å². The van der Waals surface area contributed by atoms with Crippen LogP contribution in [0.15, 0.2) is 71.9 Å². The summed E-state index contributed by atoms with van der Waals surface area (Å²) in [5.41, 5.74) is 3.56. The van der Waals surface area contributed by atoms with Crippen LogP contribution in [-0.4, -0.2) is 44.6 Å². The first-order valence-corrected chi connectivity index (χ1v) is 13.7. The molecule has 2 atom stereocenters. The highest BCUT2D eigenvalue weighted by Gasteiger charge is 2.34. The second kappa shape index (κ2) is 11.0. The van der Waals surface area contributed by atoms with Crippen LogP contribution in [0.1, 0.15) is 53.4 Å². The van der Waals surface area contributed by atoms with Crippen molar-refractivity contribution in [2.75, 3.05) is 5.32 Å². The summed E-state index contributed by atoms with van der Waals surface area (Å²) in [7, 11) is 0. The standard InChI is InChI=1S/C31H29FN6O3/c1-3-21-11-8-16-38-31(41-21)24(26(37-38)20-15-14-18(2)33-17-20)29(39)36-28-30(40)35-27-22(12-7-13-23(27)32)25(34-28)19-9-5-4-6-10-19/h4-7,9-10,12-15,17,21,28H,3,8,11,16H2,1-2H3,(H,35,40)(H,36,39)/t21-,28+/m0/s1. The summed E-state index contributed by atoms with van der Waals surface area (Å²) in [5, 5.41) is 10.1. The number of pyridine rings is 1. The number of amides is 2. The van der Waals surface area contributed by atoms with E-state index in [1.165, 1.54) is 6.07 Å². The molecule has 6 rings (SSSR count). The molecule has 2 aliphatic heterocycles. The van der Waals surface area contributed by atoms with E-state index >= 15 is 0 Å². The number of aryl methyl sites for hydroxylation is 2. The average Bonchev–Trinajstić information content (AvgIpc) is 3.11. The summed E-state index contributed by atoms with van der Waals surface area (Å²) in [4.78, 5) is 36.5. The van der Waals surface area contributed by atoms with Gasteiger partial charge in [0.05, 0.1) is 11.4 Å². The first kappa shape index (κ1) is 26.4. The lowest BCUT2D eigenvalue weighted by Crippen LogP contribution is -2.42. The number of benzene rings is 2. The summed E-state index contributed by atoms with van der Waals surface area (Å²) in [5.74, 6) is -1.50. The minimum absolute atomic E-state index is 0.0109. The maximum Gasteiger partial charge on any atom is 0.269 e. The van der Waals surface area contributed by atoms with E-state index < -0.39 is 23.8 Å². The van der Waals surface area contributed by atoms with Gasteiger partial charge in [0.1, 0.15) is 23.2 Å². The van der Waals surface area contributed by atoms with Crippen LogP contribution in [0.5, 0.6) is 5.88 Å². The van der Waals surface area contributed by atoms with Gasteiger partial charge in [-0.15, -0.1) is 0 Å². The van der Waals surface area contributed by atoms with Crippen molar-refractivity contribution in [3.8, 4) is 17.1 Å². The Hall–Kier alpha value is -4.86. The third kappa shape index (κ3) is 5.08. The van der Waals surface area contributed by atoms with Crippen LogP contribution in [-0.2, 0) is 11.3 Å². The Balaban J connectivity index is 1.44. The van der Waals surface area contributed by atoms with Gasteiger partial charge in [-0.05, 0) is 44.4 Å². The molecule has 2 N–H and O–H groups in total. The van der Waals surface area contributed by atoms with Crippen LogP contribution in [0.3, 0.4) is 0 Å². The number of hydrogen-bond acceptors (Lipinski definition) is 6. The molecule has 2 aromatic carbocycles. The smallest absolute Gasteiger partial charge is 0.269 e. The van der Waals surface area contributed by atoms with Gasteiger partial charge in [-0.2, -0.15) is 5.10 Å². The van der Waals surface area contributed by atoms with Gasteiger partial charge >= 0.3 is 0 Å². The molecule has 0 bridgehead atoms. The van der Waals surface area contributed by atoms with Crippen molar-refractivity contribution in [3.05, 3.63) is 95.1 Å². The van der Waals surface area contributed by atoms with Gasteiger partial charge in [0.25, 0.3) is 11.8 Å². The fraction of sp³-hybridized carbons (Fsp3) is 0.258. The number of hydrogen-bond donors (Lipinski definition) is 2. The molecule has 0 fully saturated rings. The highest BCUT2D eigenvalue weighted by Crippen LogP contribution is 2.34. The van der Waals surface area contributed by atoms with Crippen LogP contribution in [0.25, 0.3) is 11.3 Å². The van der Waals surface area contributed by atoms with Crippen LogP contribution in [0.4, 0.5) is 10.1 Å².